The van der Waals surface area contributed by atoms with Crippen molar-refractivity contribution in [1.29, 1.82) is 0 Å². The number of hydrogen-bond donors (Lipinski definition) is 0. The van der Waals surface area contributed by atoms with Crippen molar-refractivity contribution in [2.45, 2.75) is 31.7 Å². The summed E-state index contributed by atoms with van der Waals surface area (Å²) in [5.74, 6) is 2.62. The Hall–Kier alpha value is -3.09. The molecule has 1 saturated heterocycles. The summed E-state index contributed by atoms with van der Waals surface area (Å²) in [4.78, 5) is 23.0. The quantitative estimate of drug-likeness (QED) is 0.657. The van der Waals surface area contributed by atoms with Crippen molar-refractivity contribution in [3.63, 3.8) is 0 Å². The smallest absolute Gasteiger partial charge is 0.242 e. The zero-order valence-electron chi connectivity index (χ0n) is 16.0. The van der Waals surface area contributed by atoms with E-state index in [2.05, 4.69) is 9.97 Å². The monoisotopic (exact) mass is 380 g/mol. The van der Waals surface area contributed by atoms with Gasteiger partial charge in [0, 0.05) is 31.9 Å². The van der Waals surface area contributed by atoms with Gasteiger partial charge in [-0.05, 0) is 30.5 Å². The van der Waals surface area contributed by atoms with Gasteiger partial charge in [0.05, 0.1) is 25.6 Å². The van der Waals surface area contributed by atoms with Gasteiger partial charge in [-0.1, -0.05) is 12.1 Å². The Bertz CT molecular complexity index is 919. The number of hydrogen-bond acceptors (Lipinski definition) is 5. The fourth-order valence-electron chi connectivity index (χ4n) is 3.62. The van der Waals surface area contributed by atoms with E-state index in [1.54, 1.807) is 36.6 Å². The Balaban J connectivity index is 1.39. The number of carbonyl (C=O) groups excluding carboxylic acids is 1. The Labute approximate surface area is 164 Å². The Morgan fingerprint density at radius 1 is 1.39 bits per heavy atom. The number of carbonyl (C=O) groups is 1. The van der Waals surface area contributed by atoms with Crippen LogP contribution in [0.1, 0.15) is 36.0 Å². The zero-order valence-corrected chi connectivity index (χ0v) is 16.0. The van der Waals surface area contributed by atoms with E-state index < -0.39 is 0 Å². The number of methoxy groups -OCH3 is 1. The Morgan fingerprint density at radius 3 is 3.14 bits per heavy atom. The molecule has 0 bridgehead atoms. The fourth-order valence-corrected chi connectivity index (χ4v) is 3.62. The number of imidazole rings is 1. The molecule has 1 aromatic carbocycles. The van der Waals surface area contributed by atoms with Gasteiger partial charge < -0.3 is 18.6 Å². The van der Waals surface area contributed by atoms with Crippen molar-refractivity contribution in [3.8, 4) is 5.75 Å². The van der Waals surface area contributed by atoms with Crippen molar-refractivity contribution < 1.29 is 13.9 Å². The van der Waals surface area contributed by atoms with Crippen molar-refractivity contribution in [1.82, 2.24) is 19.4 Å². The Kier molecular flexibility index (Phi) is 5.41. The summed E-state index contributed by atoms with van der Waals surface area (Å²) >= 11 is 0. The van der Waals surface area contributed by atoms with Gasteiger partial charge in [-0.2, -0.15) is 0 Å². The third kappa shape index (κ3) is 4.24. The van der Waals surface area contributed by atoms with E-state index in [1.807, 2.05) is 29.2 Å². The molecule has 28 heavy (non-hydrogen) atoms. The van der Waals surface area contributed by atoms with Gasteiger partial charge >= 0.3 is 0 Å². The van der Waals surface area contributed by atoms with Crippen LogP contribution in [0.25, 0.3) is 0 Å². The molecule has 0 spiro atoms. The molecule has 0 unspecified atom stereocenters. The first kappa shape index (κ1) is 18.3. The highest BCUT2D eigenvalue weighted by atomic mass is 16.5. The second-order valence-corrected chi connectivity index (χ2v) is 7.11. The average molecular weight is 380 g/mol. The lowest BCUT2D eigenvalue weighted by molar-refractivity contribution is -0.133. The van der Waals surface area contributed by atoms with Gasteiger partial charge in [0.25, 0.3) is 0 Å². The first-order valence-corrected chi connectivity index (χ1v) is 9.52. The third-order valence-corrected chi connectivity index (χ3v) is 5.08. The van der Waals surface area contributed by atoms with E-state index in [4.69, 9.17) is 9.15 Å². The lowest BCUT2D eigenvalue weighted by Gasteiger charge is -2.31. The first-order valence-electron chi connectivity index (χ1n) is 9.52. The normalized spacial score (nSPS) is 16.9. The van der Waals surface area contributed by atoms with Gasteiger partial charge in [-0.15, -0.1) is 0 Å². The molecule has 0 saturated carbocycles. The molecule has 1 fully saturated rings. The molecule has 1 amide bonds. The molecule has 0 radical (unpaired) electrons. The lowest BCUT2D eigenvalue weighted by Crippen LogP contribution is -2.40. The molecule has 7 heteroatoms. The summed E-state index contributed by atoms with van der Waals surface area (Å²) in [6.45, 7) is 1.74. The Morgan fingerprint density at radius 2 is 2.32 bits per heavy atom. The maximum Gasteiger partial charge on any atom is 0.242 e. The second kappa shape index (κ2) is 8.29. The molecule has 2 aromatic heterocycles. The minimum atomic E-state index is 0.103. The average Bonchev–Trinajstić information content (AvgIpc) is 3.40. The van der Waals surface area contributed by atoms with E-state index in [0.717, 1.165) is 42.4 Å². The van der Waals surface area contributed by atoms with Gasteiger partial charge in [0.2, 0.25) is 5.91 Å². The van der Waals surface area contributed by atoms with Crippen LogP contribution in [0.4, 0.5) is 0 Å². The molecule has 4 rings (SSSR count). The number of aromatic nitrogens is 3. The maximum absolute atomic E-state index is 12.6. The molecular weight excluding hydrogens is 356 g/mol. The van der Waals surface area contributed by atoms with Crippen LogP contribution in [0, 0.1) is 0 Å². The van der Waals surface area contributed by atoms with Crippen LogP contribution in [-0.2, 0) is 17.8 Å². The van der Waals surface area contributed by atoms with Crippen LogP contribution in [0.3, 0.4) is 0 Å². The molecule has 1 aliphatic heterocycles. The van der Waals surface area contributed by atoms with Crippen LogP contribution in [0.2, 0.25) is 0 Å². The number of likely N-dealkylation sites (tertiary alicyclic amines) is 1. The lowest BCUT2D eigenvalue weighted by atomic mass is 9.98. The number of nitrogens with zero attached hydrogens (tertiary/aromatic N) is 4. The van der Waals surface area contributed by atoms with E-state index in [1.165, 1.54) is 0 Å². The summed E-state index contributed by atoms with van der Waals surface area (Å²) in [7, 11) is 1.66. The molecule has 0 aliphatic carbocycles. The molecule has 7 nitrogen and oxygen atoms in total. The summed E-state index contributed by atoms with van der Waals surface area (Å²) in [5, 5.41) is 0. The summed E-state index contributed by atoms with van der Waals surface area (Å²) < 4.78 is 13.1. The summed E-state index contributed by atoms with van der Waals surface area (Å²) in [6, 6.07) is 7.93. The highest BCUT2D eigenvalue weighted by molar-refractivity contribution is 5.76. The highest BCUT2D eigenvalue weighted by Gasteiger charge is 2.27. The molecule has 1 aliphatic rings. The number of ether oxygens (including phenoxy) is 1. The van der Waals surface area contributed by atoms with Gasteiger partial charge in [-0.3, -0.25) is 4.79 Å². The minimum Gasteiger partial charge on any atom is -0.497 e. The third-order valence-electron chi connectivity index (χ3n) is 5.08. The summed E-state index contributed by atoms with van der Waals surface area (Å²) in [6.07, 6.45) is 9.54. The number of oxazole rings is 1. The molecule has 146 valence electrons. The van der Waals surface area contributed by atoms with Crippen LogP contribution < -0.4 is 4.74 Å². The van der Waals surface area contributed by atoms with Gasteiger partial charge in [0.15, 0.2) is 5.89 Å². The van der Waals surface area contributed by atoms with Crippen LogP contribution in [0.5, 0.6) is 5.75 Å². The second-order valence-electron chi connectivity index (χ2n) is 7.11. The number of piperidine rings is 1. The van der Waals surface area contributed by atoms with E-state index in [9.17, 15) is 4.79 Å². The highest BCUT2D eigenvalue weighted by Crippen LogP contribution is 2.27. The predicted molar refractivity (Wildman–Crippen MR) is 103 cm³/mol. The number of rotatable bonds is 6. The van der Waals surface area contributed by atoms with Crippen LogP contribution in [0.15, 0.2) is 53.6 Å². The van der Waals surface area contributed by atoms with Crippen molar-refractivity contribution in [3.05, 3.63) is 66.4 Å². The first-order chi connectivity index (χ1) is 13.7. The molecule has 1 atom stereocenters. The maximum atomic E-state index is 12.6. The molecule has 3 aromatic rings. The molecule has 0 N–H and O–H groups in total. The van der Waals surface area contributed by atoms with Gasteiger partial charge in [0.1, 0.15) is 18.1 Å². The van der Waals surface area contributed by atoms with Crippen molar-refractivity contribution in [2.24, 2.45) is 0 Å². The van der Waals surface area contributed by atoms with Crippen LogP contribution >= 0.6 is 0 Å². The fraction of sp³-hybridized carbons (Fsp3) is 0.381. The SMILES string of the molecule is COc1cccc(Cc2cnc([C@H]3CCCN(C(=O)Cn4ccnc4)C3)o2)c1. The van der Waals surface area contributed by atoms with E-state index in [-0.39, 0.29) is 11.8 Å². The number of amides is 1. The van der Waals surface area contributed by atoms with E-state index in [0.29, 0.717) is 19.5 Å². The topological polar surface area (TPSA) is 73.4 Å². The van der Waals surface area contributed by atoms with Crippen LogP contribution in [-0.4, -0.2) is 45.5 Å². The summed E-state index contributed by atoms with van der Waals surface area (Å²) in [5.41, 5.74) is 1.11. The predicted octanol–water partition coefficient (Wildman–Crippen LogP) is 2.88. The largest absolute Gasteiger partial charge is 0.497 e. The molecular formula is C21H24N4O3. The number of benzene rings is 1. The minimum absolute atomic E-state index is 0.103. The zero-order chi connectivity index (χ0) is 19.3. The van der Waals surface area contributed by atoms with Crippen molar-refractivity contribution >= 4 is 5.91 Å². The van der Waals surface area contributed by atoms with Gasteiger partial charge in [-0.25, -0.2) is 9.97 Å². The van der Waals surface area contributed by atoms with E-state index >= 15 is 0 Å². The molecule has 3 heterocycles. The standard InChI is InChI=1S/C21H24N4O3/c1-27-18-6-2-4-16(10-18)11-19-12-23-21(28-19)17-5-3-8-25(13-17)20(26)14-24-9-7-22-15-24/h2,4,6-7,9-10,12,15,17H,3,5,8,11,13-14H2,1H3/t17-/m0/s1. The van der Waals surface area contributed by atoms with Crippen molar-refractivity contribution in [2.75, 3.05) is 20.2 Å².